The summed E-state index contributed by atoms with van der Waals surface area (Å²) in [5.74, 6) is 0. The first-order valence-corrected chi connectivity index (χ1v) is 3.70. The fourth-order valence-corrected chi connectivity index (χ4v) is 0.635. The van der Waals surface area contributed by atoms with Gasteiger partial charge in [-0.2, -0.15) is 5.26 Å². The third-order valence-corrected chi connectivity index (χ3v) is 1.17. The molecule has 0 aliphatic heterocycles. The summed E-state index contributed by atoms with van der Waals surface area (Å²) in [7, 11) is 0. The van der Waals surface area contributed by atoms with E-state index in [0.717, 1.165) is 6.42 Å². The highest BCUT2D eigenvalue weighted by Crippen LogP contribution is 1.95. The van der Waals surface area contributed by atoms with E-state index in [1.54, 1.807) is 0 Å². The molecule has 0 saturated carbocycles. The maximum Gasteiger partial charge on any atom is 0.0909 e. The largest absolute Gasteiger partial charge is 0.389 e. The molecule has 0 aliphatic carbocycles. The summed E-state index contributed by atoms with van der Waals surface area (Å²) < 4.78 is 0. The Balaban J connectivity index is 3.54. The maximum atomic E-state index is 9.12. The number of nitriles is 1. The van der Waals surface area contributed by atoms with Gasteiger partial charge in [0, 0.05) is 6.08 Å². The summed E-state index contributed by atoms with van der Waals surface area (Å²) in [5, 5.41) is 17.2. The van der Waals surface area contributed by atoms with Crippen LogP contribution in [0.3, 0.4) is 0 Å². The van der Waals surface area contributed by atoms with E-state index in [1.165, 1.54) is 12.2 Å². The minimum atomic E-state index is -0.516. The zero-order chi connectivity index (χ0) is 8.53. The molecule has 0 aliphatic rings. The zero-order valence-electron chi connectivity index (χ0n) is 6.70. The Morgan fingerprint density at radius 3 is 2.82 bits per heavy atom. The van der Waals surface area contributed by atoms with Gasteiger partial charge in [-0.05, 0) is 18.9 Å². The molecule has 11 heavy (non-hydrogen) atoms. The molecule has 0 unspecified atom stereocenters. The third kappa shape index (κ3) is 6.82. The van der Waals surface area contributed by atoms with E-state index < -0.39 is 6.10 Å². The van der Waals surface area contributed by atoms with E-state index in [-0.39, 0.29) is 0 Å². The van der Waals surface area contributed by atoms with Gasteiger partial charge in [0.1, 0.15) is 0 Å². The molecule has 0 aromatic rings. The lowest BCUT2D eigenvalue weighted by Crippen LogP contribution is -1.98. The van der Waals surface area contributed by atoms with E-state index in [9.17, 15) is 0 Å². The number of aliphatic hydroxyl groups excluding tert-OH is 1. The molecule has 0 saturated heterocycles. The van der Waals surface area contributed by atoms with Crippen LogP contribution >= 0.6 is 0 Å². The molecule has 2 nitrogen and oxygen atoms in total. The predicted molar refractivity (Wildman–Crippen MR) is 44.8 cm³/mol. The van der Waals surface area contributed by atoms with Gasteiger partial charge in [-0.15, -0.1) is 0 Å². The summed E-state index contributed by atoms with van der Waals surface area (Å²) in [6, 6.07) is 1.82. The van der Waals surface area contributed by atoms with Crippen molar-refractivity contribution in [1.82, 2.24) is 0 Å². The minimum absolute atomic E-state index is 0.516. The topological polar surface area (TPSA) is 44.0 Å². The van der Waals surface area contributed by atoms with Crippen molar-refractivity contribution in [3.05, 3.63) is 24.3 Å². The summed E-state index contributed by atoms with van der Waals surface area (Å²) in [6.07, 6.45) is 7.73. The number of hydrogen-bond donors (Lipinski definition) is 1. The third-order valence-electron chi connectivity index (χ3n) is 1.17. The van der Waals surface area contributed by atoms with Crippen LogP contribution < -0.4 is 0 Å². The predicted octanol–water partition coefficient (Wildman–Crippen LogP) is 1.78. The number of hydrogen-bond acceptors (Lipinski definition) is 2. The molecule has 0 bridgehead atoms. The van der Waals surface area contributed by atoms with Gasteiger partial charge in [0.2, 0.25) is 0 Å². The van der Waals surface area contributed by atoms with Crippen LogP contribution in [0.15, 0.2) is 24.3 Å². The monoisotopic (exact) mass is 151 g/mol. The van der Waals surface area contributed by atoms with Gasteiger partial charge in [-0.3, -0.25) is 0 Å². The molecule has 1 N–H and O–H groups in total. The van der Waals surface area contributed by atoms with Crippen LogP contribution in [0.1, 0.15) is 19.8 Å². The lowest BCUT2D eigenvalue weighted by atomic mass is 10.2. The highest BCUT2D eigenvalue weighted by molar-refractivity contribution is 5.05. The van der Waals surface area contributed by atoms with Crippen molar-refractivity contribution in [2.45, 2.75) is 25.9 Å². The summed E-state index contributed by atoms with van der Waals surface area (Å²) >= 11 is 0. The molecule has 0 rings (SSSR count). The molecular formula is C9H13NO. The van der Waals surface area contributed by atoms with Crippen LogP contribution in [0, 0.1) is 11.3 Å². The van der Waals surface area contributed by atoms with E-state index in [1.807, 2.05) is 25.1 Å². The van der Waals surface area contributed by atoms with Crippen molar-refractivity contribution in [2.24, 2.45) is 0 Å². The Morgan fingerprint density at radius 2 is 2.27 bits per heavy atom. The first-order chi connectivity index (χ1) is 5.31. The number of nitrogens with zero attached hydrogens (tertiary/aromatic N) is 1. The Labute approximate surface area is 67.5 Å². The van der Waals surface area contributed by atoms with E-state index >= 15 is 0 Å². The first kappa shape index (κ1) is 9.93. The normalized spacial score (nSPS) is 13.9. The summed E-state index contributed by atoms with van der Waals surface area (Å²) in [4.78, 5) is 0. The highest BCUT2D eigenvalue weighted by atomic mass is 16.3. The number of allylic oxidation sites excluding steroid dienone is 2. The molecule has 0 heterocycles. The van der Waals surface area contributed by atoms with Gasteiger partial charge in [0.05, 0.1) is 12.2 Å². The lowest BCUT2D eigenvalue weighted by molar-refractivity contribution is 0.227. The zero-order valence-corrected chi connectivity index (χ0v) is 6.70. The van der Waals surface area contributed by atoms with Crippen molar-refractivity contribution in [3.8, 4) is 6.07 Å². The Morgan fingerprint density at radius 1 is 1.55 bits per heavy atom. The molecule has 0 aromatic carbocycles. The van der Waals surface area contributed by atoms with Crippen molar-refractivity contribution < 1.29 is 5.11 Å². The second-order valence-corrected chi connectivity index (χ2v) is 2.17. The van der Waals surface area contributed by atoms with Gasteiger partial charge in [-0.25, -0.2) is 0 Å². The molecular weight excluding hydrogens is 138 g/mol. The SMILES string of the molecule is CC/C=C\C[C@H](O)/C=C/C#N. The lowest BCUT2D eigenvalue weighted by Gasteiger charge is -1.97. The quantitative estimate of drug-likeness (QED) is 0.491. The van der Waals surface area contributed by atoms with E-state index in [0.29, 0.717) is 6.42 Å². The van der Waals surface area contributed by atoms with Gasteiger partial charge >= 0.3 is 0 Å². The van der Waals surface area contributed by atoms with E-state index in [2.05, 4.69) is 0 Å². The molecule has 0 radical (unpaired) electrons. The van der Waals surface area contributed by atoms with Crippen LogP contribution in [0.25, 0.3) is 0 Å². The molecule has 2 heteroatoms. The van der Waals surface area contributed by atoms with E-state index in [4.69, 9.17) is 10.4 Å². The number of aliphatic hydroxyl groups is 1. The second-order valence-electron chi connectivity index (χ2n) is 2.17. The standard InChI is InChI=1S/C9H13NO/c1-2-3-4-6-9(11)7-5-8-10/h3-5,7,9,11H,2,6H2,1H3/b4-3-,7-5+/t9-/m0/s1. The Bertz CT molecular complexity index is 176. The molecule has 60 valence electrons. The van der Waals surface area contributed by atoms with Gasteiger partial charge in [0.25, 0.3) is 0 Å². The van der Waals surface area contributed by atoms with Crippen LogP contribution in [0.5, 0.6) is 0 Å². The second kappa shape index (κ2) is 7.04. The smallest absolute Gasteiger partial charge is 0.0909 e. The molecule has 0 aromatic heterocycles. The highest BCUT2D eigenvalue weighted by Gasteiger charge is 1.92. The Hall–Kier alpha value is -1.07. The van der Waals surface area contributed by atoms with Crippen LogP contribution in [0.2, 0.25) is 0 Å². The van der Waals surface area contributed by atoms with Crippen LogP contribution in [-0.4, -0.2) is 11.2 Å². The Kier molecular flexibility index (Phi) is 6.36. The van der Waals surface area contributed by atoms with Crippen molar-refractivity contribution in [1.29, 1.82) is 5.26 Å². The summed E-state index contributed by atoms with van der Waals surface area (Å²) in [5.41, 5.74) is 0. The van der Waals surface area contributed by atoms with Crippen molar-refractivity contribution in [3.63, 3.8) is 0 Å². The molecule has 0 fully saturated rings. The average Bonchev–Trinajstić information content (AvgIpc) is 2.01. The maximum absolute atomic E-state index is 9.12. The van der Waals surface area contributed by atoms with Gasteiger partial charge in [0.15, 0.2) is 0 Å². The first-order valence-electron chi connectivity index (χ1n) is 3.70. The van der Waals surface area contributed by atoms with Crippen LogP contribution in [0.4, 0.5) is 0 Å². The molecule has 1 atom stereocenters. The average molecular weight is 151 g/mol. The summed E-state index contributed by atoms with van der Waals surface area (Å²) in [6.45, 7) is 2.04. The van der Waals surface area contributed by atoms with Gasteiger partial charge < -0.3 is 5.11 Å². The van der Waals surface area contributed by atoms with Crippen LogP contribution in [-0.2, 0) is 0 Å². The van der Waals surface area contributed by atoms with Crippen molar-refractivity contribution >= 4 is 0 Å². The molecule has 0 amide bonds. The fourth-order valence-electron chi connectivity index (χ4n) is 0.635. The van der Waals surface area contributed by atoms with Crippen molar-refractivity contribution in [2.75, 3.05) is 0 Å². The minimum Gasteiger partial charge on any atom is -0.389 e. The number of rotatable bonds is 4. The fraction of sp³-hybridized carbons (Fsp3) is 0.444. The van der Waals surface area contributed by atoms with Gasteiger partial charge in [-0.1, -0.05) is 19.1 Å². The molecule has 0 spiro atoms.